The molecule has 3 aromatic rings. The van der Waals surface area contributed by atoms with Crippen molar-refractivity contribution in [2.45, 2.75) is 19.4 Å². The minimum Gasteiger partial charge on any atom is -0.507 e. The Balaban J connectivity index is 1.85. The normalized spacial score (nSPS) is 12.5. The number of rotatable bonds is 2. The van der Waals surface area contributed by atoms with E-state index in [0.29, 0.717) is 18.5 Å². The molecule has 3 heteroatoms. The first-order chi connectivity index (χ1) is 11.2. The van der Waals surface area contributed by atoms with Crippen LogP contribution >= 0.6 is 0 Å². The van der Waals surface area contributed by atoms with E-state index in [9.17, 15) is 9.90 Å². The van der Waals surface area contributed by atoms with E-state index in [1.54, 1.807) is 10.6 Å². The van der Waals surface area contributed by atoms with E-state index in [-0.39, 0.29) is 11.3 Å². The fourth-order valence-electron chi connectivity index (χ4n) is 3.31. The Morgan fingerprint density at radius 2 is 1.74 bits per heavy atom. The number of hydrogen-bond acceptors (Lipinski definition) is 2. The topological polar surface area (TPSA) is 42.2 Å². The van der Waals surface area contributed by atoms with Crippen molar-refractivity contribution in [3.8, 4) is 17.0 Å². The van der Waals surface area contributed by atoms with Crippen molar-refractivity contribution in [1.29, 1.82) is 0 Å². The summed E-state index contributed by atoms with van der Waals surface area (Å²) in [6.07, 6.45) is 1.30. The molecule has 0 unspecified atom stereocenters. The van der Waals surface area contributed by atoms with E-state index in [2.05, 4.69) is 6.07 Å². The highest BCUT2D eigenvalue weighted by Gasteiger charge is 2.20. The lowest BCUT2D eigenvalue weighted by Crippen LogP contribution is -2.28. The Kier molecular flexibility index (Phi) is 3.27. The van der Waals surface area contributed by atoms with Crippen LogP contribution in [-0.2, 0) is 19.4 Å². The Bertz CT molecular complexity index is 926. The molecular formula is C20H17NO2. The van der Waals surface area contributed by atoms with Crippen LogP contribution in [0.3, 0.4) is 0 Å². The van der Waals surface area contributed by atoms with Gasteiger partial charge in [0.1, 0.15) is 5.75 Å². The van der Waals surface area contributed by atoms with E-state index in [1.165, 1.54) is 5.56 Å². The van der Waals surface area contributed by atoms with Gasteiger partial charge in [-0.25, -0.2) is 0 Å². The van der Waals surface area contributed by atoms with Gasteiger partial charge in [-0.3, -0.25) is 4.79 Å². The van der Waals surface area contributed by atoms with E-state index < -0.39 is 0 Å². The van der Waals surface area contributed by atoms with Gasteiger partial charge < -0.3 is 9.67 Å². The van der Waals surface area contributed by atoms with E-state index in [4.69, 9.17) is 0 Å². The lowest BCUT2D eigenvalue weighted by Gasteiger charge is -2.23. The molecule has 1 aliphatic rings. The second-order valence-electron chi connectivity index (χ2n) is 5.92. The van der Waals surface area contributed by atoms with Gasteiger partial charge in [-0.15, -0.1) is 0 Å². The zero-order chi connectivity index (χ0) is 15.8. The van der Waals surface area contributed by atoms with Crippen molar-refractivity contribution in [2.75, 3.05) is 0 Å². The number of hydrogen-bond donors (Lipinski definition) is 1. The molecule has 4 rings (SSSR count). The van der Waals surface area contributed by atoms with Crippen molar-refractivity contribution in [2.24, 2.45) is 0 Å². The molecule has 114 valence electrons. The summed E-state index contributed by atoms with van der Waals surface area (Å²) in [5, 5.41) is 10.4. The molecule has 0 saturated carbocycles. The molecule has 0 aliphatic carbocycles. The third kappa shape index (κ3) is 2.34. The van der Waals surface area contributed by atoms with Crippen molar-refractivity contribution >= 4 is 0 Å². The monoisotopic (exact) mass is 303 g/mol. The van der Waals surface area contributed by atoms with Gasteiger partial charge in [-0.2, -0.15) is 0 Å². The van der Waals surface area contributed by atoms with E-state index in [0.717, 1.165) is 23.2 Å². The number of fused-ring (bicyclic) bond motifs is 3. The van der Waals surface area contributed by atoms with Gasteiger partial charge in [0.15, 0.2) is 0 Å². The van der Waals surface area contributed by atoms with Gasteiger partial charge in [0.25, 0.3) is 5.56 Å². The van der Waals surface area contributed by atoms with Crippen LogP contribution < -0.4 is 5.56 Å². The average molecular weight is 303 g/mol. The molecule has 1 N–H and O–H groups in total. The van der Waals surface area contributed by atoms with Gasteiger partial charge in [0, 0.05) is 24.6 Å². The van der Waals surface area contributed by atoms with Crippen LogP contribution in [0.4, 0.5) is 0 Å². The SMILES string of the molecule is O=c1c(Cc2ccccc2)c(O)cc2n1CCc1ccccc1-2. The zero-order valence-corrected chi connectivity index (χ0v) is 12.7. The summed E-state index contributed by atoms with van der Waals surface area (Å²) < 4.78 is 1.79. The molecule has 23 heavy (non-hydrogen) atoms. The number of aromatic nitrogens is 1. The highest BCUT2D eigenvalue weighted by Crippen LogP contribution is 2.31. The van der Waals surface area contributed by atoms with Crippen LogP contribution in [0.15, 0.2) is 65.5 Å². The third-order valence-corrected chi connectivity index (χ3v) is 4.50. The molecule has 1 aliphatic heterocycles. The second-order valence-corrected chi connectivity index (χ2v) is 5.92. The largest absolute Gasteiger partial charge is 0.507 e. The van der Waals surface area contributed by atoms with Crippen molar-refractivity contribution in [3.05, 3.63) is 87.7 Å². The number of nitrogens with zero attached hydrogens (tertiary/aromatic N) is 1. The van der Waals surface area contributed by atoms with Crippen molar-refractivity contribution in [1.82, 2.24) is 4.57 Å². The molecular weight excluding hydrogens is 286 g/mol. The summed E-state index contributed by atoms with van der Waals surface area (Å²) in [7, 11) is 0. The molecule has 0 atom stereocenters. The molecule has 0 fully saturated rings. The zero-order valence-electron chi connectivity index (χ0n) is 12.7. The van der Waals surface area contributed by atoms with Crippen molar-refractivity contribution in [3.63, 3.8) is 0 Å². The highest BCUT2D eigenvalue weighted by molar-refractivity contribution is 5.67. The molecule has 3 nitrogen and oxygen atoms in total. The first-order valence-corrected chi connectivity index (χ1v) is 7.82. The molecule has 0 radical (unpaired) electrons. The molecule has 0 amide bonds. The number of benzene rings is 2. The first kappa shape index (κ1) is 13.8. The standard InChI is InChI=1S/C20H17NO2/c22-19-13-18-16-9-5-4-8-15(16)10-11-21(18)20(23)17(19)12-14-6-2-1-3-7-14/h1-9,13,22H,10-12H2. The molecule has 0 saturated heterocycles. The van der Waals surface area contributed by atoms with Crippen LogP contribution in [0, 0.1) is 0 Å². The summed E-state index contributed by atoms with van der Waals surface area (Å²) in [4.78, 5) is 12.9. The number of pyridine rings is 1. The second kappa shape index (κ2) is 5.43. The molecule has 2 heterocycles. The summed E-state index contributed by atoms with van der Waals surface area (Å²) in [5.74, 6) is 0.0850. The predicted molar refractivity (Wildman–Crippen MR) is 90.8 cm³/mol. The molecule has 0 bridgehead atoms. The maximum absolute atomic E-state index is 12.9. The maximum Gasteiger partial charge on any atom is 0.258 e. The Labute approximate surface area is 134 Å². The number of aryl methyl sites for hydroxylation is 1. The van der Waals surface area contributed by atoms with Gasteiger partial charge in [-0.1, -0.05) is 54.6 Å². The predicted octanol–water partition coefficient (Wildman–Crippen LogP) is 3.37. The fourth-order valence-corrected chi connectivity index (χ4v) is 3.31. The number of aromatic hydroxyl groups is 1. The quantitative estimate of drug-likeness (QED) is 0.788. The smallest absolute Gasteiger partial charge is 0.258 e. The van der Waals surface area contributed by atoms with Crippen LogP contribution in [0.5, 0.6) is 5.75 Å². The lowest BCUT2D eigenvalue weighted by atomic mass is 9.95. The van der Waals surface area contributed by atoms with Crippen LogP contribution in [0.1, 0.15) is 16.7 Å². The summed E-state index contributed by atoms with van der Waals surface area (Å²) in [5.41, 5.74) is 4.49. The lowest BCUT2D eigenvalue weighted by molar-refractivity contribution is 0.463. The summed E-state index contributed by atoms with van der Waals surface area (Å²) in [6, 6.07) is 19.6. The van der Waals surface area contributed by atoms with E-state index in [1.807, 2.05) is 48.5 Å². The highest BCUT2D eigenvalue weighted by atomic mass is 16.3. The molecule has 2 aromatic carbocycles. The summed E-state index contributed by atoms with van der Waals surface area (Å²) in [6.45, 7) is 0.660. The first-order valence-electron chi connectivity index (χ1n) is 7.82. The maximum atomic E-state index is 12.9. The van der Waals surface area contributed by atoms with E-state index >= 15 is 0 Å². The summed E-state index contributed by atoms with van der Waals surface area (Å²) >= 11 is 0. The Morgan fingerprint density at radius 3 is 2.57 bits per heavy atom. The van der Waals surface area contributed by atoms with Gasteiger partial charge in [-0.05, 0) is 17.5 Å². The average Bonchev–Trinajstić information content (AvgIpc) is 2.59. The van der Waals surface area contributed by atoms with Gasteiger partial charge >= 0.3 is 0 Å². The minimum atomic E-state index is -0.0849. The molecule has 0 spiro atoms. The minimum absolute atomic E-state index is 0.0849. The molecule has 1 aromatic heterocycles. The van der Waals surface area contributed by atoms with Gasteiger partial charge in [0.2, 0.25) is 0 Å². The van der Waals surface area contributed by atoms with Crippen LogP contribution in [0.2, 0.25) is 0 Å². The van der Waals surface area contributed by atoms with Gasteiger partial charge in [0.05, 0.1) is 11.3 Å². The van der Waals surface area contributed by atoms with Crippen molar-refractivity contribution < 1.29 is 5.11 Å². The Morgan fingerprint density at radius 1 is 1.00 bits per heavy atom. The van der Waals surface area contributed by atoms with Crippen LogP contribution in [0.25, 0.3) is 11.3 Å². The van der Waals surface area contributed by atoms with Crippen LogP contribution in [-0.4, -0.2) is 9.67 Å². The third-order valence-electron chi connectivity index (χ3n) is 4.50. The fraction of sp³-hybridized carbons (Fsp3) is 0.150. The Hall–Kier alpha value is -2.81.